The van der Waals surface area contributed by atoms with Gasteiger partial charge in [0.25, 0.3) is 0 Å². The molecule has 9 rings (SSSR count). The molecule has 0 saturated heterocycles. The molecule has 0 heterocycles. The van der Waals surface area contributed by atoms with Gasteiger partial charge in [-0.3, -0.25) is 0 Å². The summed E-state index contributed by atoms with van der Waals surface area (Å²) in [6, 6.07) is 9.44. The summed E-state index contributed by atoms with van der Waals surface area (Å²) in [5.74, 6) is 9.83. The van der Waals surface area contributed by atoms with Gasteiger partial charge in [-0.05, 0) is 264 Å². The Bertz CT molecular complexity index is 1970. The van der Waals surface area contributed by atoms with Crippen LogP contribution in [0.25, 0.3) is 0 Å². The van der Waals surface area contributed by atoms with Gasteiger partial charge in [0.2, 0.25) is 0 Å². The normalized spacial score (nSPS) is 43.0. The van der Waals surface area contributed by atoms with Gasteiger partial charge in [0.15, 0.2) is 0 Å². The minimum absolute atomic E-state index is 0. The van der Waals surface area contributed by atoms with E-state index in [1.54, 1.807) is 0 Å². The van der Waals surface area contributed by atoms with Crippen LogP contribution < -0.4 is 18.9 Å². The first-order valence-electron chi connectivity index (χ1n) is 30.9. The Labute approximate surface area is 466 Å². The molecule has 1 aromatic rings. The maximum absolute atomic E-state index is 12.8. The molecule has 1 aromatic carbocycles. The number of hydrogen-bond donors (Lipinski definition) is 3. The maximum Gasteiger partial charge on any atom is 1.00 e. The fraction of sp³-hybridized carbons (Fsp3) is 0.896. The number of carbonyl (C=O) groups excluding carboxylic acids is 1. The predicted octanol–water partition coefficient (Wildman–Crippen LogP) is 13.9. The molecule has 0 unspecified atom stereocenters. The maximum atomic E-state index is 12.8. The van der Waals surface area contributed by atoms with Crippen LogP contribution in [0.5, 0.6) is 0 Å². The molecule has 0 aliphatic heterocycles. The van der Waals surface area contributed by atoms with Gasteiger partial charge in [-0.15, -0.1) is 0 Å². The Kier molecular flexibility index (Phi) is 19.6. The molecule has 7 heteroatoms. The molecular formula is C67H113LiO6. The van der Waals surface area contributed by atoms with E-state index in [4.69, 9.17) is 4.74 Å². The third-order valence-corrected chi connectivity index (χ3v) is 24.9. The minimum atomic E-state index is -0.444. The van der Waals surface area contributed by atoms with E-state index in [0.717, 1.165) is 104 Å². The minimum Gasteiger partial charge on any atom is -0.870 e. The summed E-state index contributed by atoms with van der Waals surface area (Å²) < 4.78 is 6.08. The largest absolute Gasteiger partial charge is 1.00 e. The van der Waals surface area contributed by atoms with Crippen LogP contribution in [-0.4, -0.2) is 50.2 Å². The van der Waals surface area contributed by atoms with Crippen molar-refractivity contribution >= 4 is 5.97 Å². The molecule has 4 N–H and O–H groups in total. The van der Waals surface area contributed by atoms with Crippen molar-refractivity contribution in [3.63, 3.8) is 0 Å². The number of ether oxygens (including phenoxy) is 1. The monoisotopic (exact) mass is 1020 g/mol. The molecule has 8 aliphatic carbocycles. The molecular weight excluding hydrogens is 908 g/mol. The average molecular weight is 1020 g/mol. The van der Waals surface area contributed by atoms with E-state index >= 15 is 0 Å². The van der Waals surface area contributed by atoms with E-state index in [2.05, 4.69) is 96.9 Å². The number of aliphatic hydroxyl groups excluding tert-OH is 1. The molecule has 8 saturated carbocycles. The van der Waals surface area contributed by atoms with E-state index in [9.17, 15) is 20.1 Å². The van der Waals surface area contributed by atoms with Gasteiger partial charge in [0.1, 0.15) is 6.10 Å². The van der Waals surface area contributed by atoms with Crippen LogP contribution in [0.3, 0.4) is 0 Å². The number of esters is 1. The first kappa shape index (κ1) is 62.3. The quantitative estimate of drug-likeness (QED) is 0.142. The zero-order chi connectivity index (χ0) is 52.5. The summed E-state index contributed by atoms with van der Waals surface area (Å²) >= 11 is 0. The van der Waals surface area contributed by atoms with Crippen molar-refractivity contribution in [3.05, 3.63) is 35.9 Å². The molecule has 74 heavy (non-hydrogen) atoms. The number of rotatable bonds is 12. The second-order valence-corrected chi connectivity index (χ2v) is 31.5. The van der Waals surface area contributed by atoms with Crippen molar-refractivity contribution in [1.29, 1.82) is 0 Å². The molecule has 8 aliphatic rings. The zero-order valence-corrected chi connectivity index (χ0v) is 50.5. The summed E-state index contributed by atoms with van der Waals surface area (Å²) in [6.45, 7) is 32.8. The van der Waals surface area contributed by atoms with Crippen LogP contribution in [0.15, 0.2) is 30.3 Å². The first-order valence-corrected chi connectivity index (χ1v) is 30.9. The van der Waals surface area contributed by atoms with E-state index in [-0.39, 0.29) is 53.3 Å². The number of aliphatic hydroxyl groups is 3. The fourth-order valence-corrected chi connectivity index (χ4v) is 20.3. The third kappa shape index (κ3) is 12.5. The Morgan fingerprint density at radius 1 is 0.554 bits per heavy atom. The van der Waals surface area contributed by atoms with Crippen molar-refractivity contribution in [2.45, 2.75) is 274 Å². The smallest absolute Gasteiger partial charge is 0.870 e. The number of fused-ring (bicyclic) bond motifs is 10. The Balaban J connectivity index is 0.000000240. The standard InChI is InChI=1S/C37H58O3.C30H54O2.Li.H2O/c1-25(12-11-15-32(34(2,3)4)40-33(38)26-13-9-8-10-14-26)29-18-19-30-28-17-16-27-24-35(5,39)22-23-36(27,6)31(28)20-21-37(29,30)7;1-20(9-8-10-26(31)27(2,3)4)23-13-14-24-22-12-11-21-19-28(5,32)17-18-29(21,6)25(22)15-16-30(23,24)7;;/h8-10,13-14,25,27-32,39H,11-12,15-24H2,1-7H3;20-26,31-32H,8-19H2,1-7H3;;1H2/q;;+1;/p-1/t25-,27+,28+,29-,30+,31+,32-,35+,36+,37-;20-,21+,22+,23-,24+,25+,26-,28+,29+,30-;;/m11../s1. The molecule has 20 atom stereocenters. The zero-order valence-electron chi connectivity index (χ0n) is 50.5. The Hall–Kier alpha value is -0.873. The van der Waals surface area contributed by atoms with E-state index in [1.165, 1.54) is 109 Å². The molecule has 6 nitrogen and oxygen atoms in total. The fourth-order valence-electron chi connectivity index (χ4n) is 20.3. The van der Waals surface area contributed by atoms with E-state index < -0.39 is 11.2 Å². The SMILES string of the molecule is C[C@H](CCC[C@@H](O)C(C)(C)C)[C@H]1CC[C@H]2[C@@H]3CC[C@H]4C[C@@](C)(O)CC[C@]4(C)[C@H]3CC[C@]12C.C[C@H](CCC[C@@H](OC(=O)c1ccccc1)C(C)(C)C)[C@H]1CC[C@H]2[C@@H]3CC[C@H]4C[C@@](C)(O)CC[C@]4(C)[C@H]3CC[C@]12C.[Li+].[OH-]. The van der Waals surface area contributed by atoms with Crippen molar-refractivity contribution in [2.75, 3.05) is 0 Å². The molecule has 8 fully saturated rings. The second-order valence-electron chi connectivity index (χ2n) is 31.5. The van der Waals surface area contributed by atoms with Crippen LogP contribution in [0.2, 0.25) is 0 Å². The van der Waals surface area contributed by atoms with Gasteiger partial charge >= 0.3 is 24.8 Å². The summed E-state index contributed by atoms with van der Waals surface area (Å²) in [4.78, 5) is 12.8. The number of carbonyl (C=O) groups is 1. The van der Waals surface area contributed by atoms with Crippen LogP contribution >= 0.6 is 0 Å². The van der Waals surface area contributed by atoms with Gasteiger partial charge in [0, 0.05) is 0 Å². The molecule has 0 radical (unpaired) electrons. The summed E-state index contributed by atoms with van der Waals surface area (Å²) in [7, 11) is 0. The van der Waals surface area contributed by atoms with E-state index in [0.29, 0.717) is 39.1 Å². The van der Waals surface area contributed by atoms with E-state index in [1.807, 2.05) is 30.3 Å². The Morgan fingerprint density at radius 3 is 1.39 bits per heavy atom. The van der Waals surface area contributed by atoms with Gasteiger partial charge in [0.05, 0.1) is 22.9 Å². The molecule has 0 amide bonds. The summed E-state index contributed by atoms with van der Waals surface area (Å²) in [5.41, 5.74) is 1.64. The van der Waals surface area contributed by atoms with Gasteiger partial charge in [-0.25, -0.2) is 4.79 Å². The van der Waals surface area contributed by atoms with Gasteiger partial charge in [-0.1, -0.05) is 121 Å². The topological polar surface area (TPSA) is 117 Å². The second kappa shape index (κ2) is 23.3. The van der Waals surface area contributed by atoms with Crippen molar-refractivity contribution < 1.29 is 49.2 Å². The molecule has 0 aromatic heterocycles. The van der Waals surface area contributed by atoms with Crippen LogP contribution in [-0.2, 0) is 4.74 Å². The molecule has 0 spiro atoms. The van der Waals surface area contributed by atoms with Crippen LogP contribution in [0.4, 0.5) is 0 Å². The average Bonchev–Trinajstić information content (AvgIpc) is 3.85. The van der Waals surface area contributed by atoms with Gasteiger partial charge in [-0.2, -0.15) is 0 Å². The van der Waals surface area contributed by atoms with Gasteiger partial charge < -0.3 is 25.5 Å². The molecule has 0 bridgehead atoms. The molecule has 418 valence electrons. The summed E-state index contributed by atoms with van der Waals surface area (Å²) in [6.07, 6.45) is 29.8. The van der Waals surface area contributed by atoms with Crippen molar-refractivity contribution in [2.24, 2.45) is 104 Å². The Morgan fingerprint density at radius 2 is 0.973 bits per heavy atom. The third-order valence-electron chi connectivity index (χ3n) is 24.9. The van der Waals surface area contributed by atoms with Crippen molar-refractivity contribution in [1.82, 2.24) is 0 Å². The first-order chi connectivity index (χ1) is 33.5. The predicted molar refractivity (Wildman–Crippen MR) is 300 cm³/mol. The van der Waals surface area contributed by atoms with Crippen molar-refractivity contribution in [3.8, 4) is 0 Å². The summed E-state index contributed by atoms with van der Waals surface area (Å²) in [5, 5.41) is 32.0. The van der Waals surface area contributed by atoms with Crippen LogP contribution in [0, 0.1) is 104 Å². The van der Waals surface area contributed by atoms with Crippen LogP contribution in [0.1, 0.15) is 261 Å². The number of hydrogen-bond acceptors (Lipinski definition) is 6. The number of benzene rings is 1.